The zero-order valence-corrected chi connectivity index (χ0v) is 20.0. The first-order chi connectivity index (χ1) is 17.0. The summed E-state index contributed by atoms with van der Waals surface area (Å²) in [5, 5.41) is 9.05. The summed E-state index contributed by atoms with van der Waals surface area (Å²) in [4.78, 5) is 15.2. The van der Waals surface area contributed by atoms with E-state index in [-0.39, 0.29) is 5.88 Å². The number of imidazole rings is 1. The molecule has 0 bridgehead atoms. The van der Waals surface area contributed by atoms with Gasteiger partial charge in [0.25, 0.3) is 0 Å². The maximum Gasteiger partial charge on any atom is 0.250 e. The fourth-order valence-corrected chi connectivity index (χ4v) is 4.04. The Morgan fingerprint density at radius 1 is 0.971 bits per heavy atom. The van der Waals surface area contributed by atoms with Crippen LogP contribution in [0.3, 0.4) is 0 Å². The van der Waals surface area contributed by atoms with Gasteiger partial charge in [-0.2, -0.15) is 5.26 Å². The van der Waals surface area contributed by atoms with Crippen molar-refractivity contribution in [3.05, 3.63) is 60.4 Å². The van der Waals surface area contributed by atoms with Gasteiger partial charge in [-0.1, -0.05) is 18.6 Å². The van der Waals surface area contributed by atoms with Gasteiger partial charge in [0.1, 0.15) is 5.52 Å². The fourth-order valence-electron chi connectivity index (χ4n) is 4.04. The number of ether oxygens (including phenoxy) is 2. The smallest absolute Gasteiger partial charge is 0.250 e. The summed E-state index contributed by atoms with van der Waals surface area (Å²) in [7, 11) is 5.07. The van der Waals surface area contributed by atoms with Crippen LogP contribution in [0.15, 0.2) is 49.1 Å². The Morgan fingerprint density at radius 2 is 1.69 bits per heavy atom. The van der Waals surface area contributed by atoms with Gasteiger partial charge < -0.3 is 14.4 Å². The van der Waals surface area contributed by atoms with Crippen molar-refractivity contribution < 1.29 is 13.9 Å². The zero-order valence-electron chi connectivity index (χ0n) is 20.0. The minimum Gasteiger partial charge on any atom is -0.479 e. The second-order valence-corrected chi connectivity index (χ2v) is 8.24. The number of hydrogen-bond donors (Lipinski definition) is 0. The van der Waals surface area contributed by atoms with Gasteiger partial charge in [0.2, 0.25) is 11.8 Å². The number of fused-ring (bicyclic) bond motifs is 1. The van der Waals surface area contributed by atoms with Crippen molar-refractivity contribution in [1.82, 2.24) is 24.3 Å². The molecule has 0 N–H and O–H groups in total. The number of likely N-dealkylation sites (tertiary alicyclic amines) is 1. The molecule has 0 radical (unpaired) electrons. The Bertz CT molecular complexity index is 1340. The van der Waals surface area contributed by atoms with Gasteiger partial charge in [0, 0.05) is 17.3 Å². The third-order valence-corrected chi connectivity index (χ3v) is 5.87. The summed E-state index contributed by atoms with van der Waals surface area (Å²) < 4.78 is 26.4. The molecule has 1 saturated heterocycles. The van der Waals surface area contributed by atoms with Gasteiger partial charge in [-0.05, 0) is 51.2 Å². The van der Waals surface area contributed by atoms with Crippen LogP contribution in [-0.2, 0) is 0 Å². The Balaban J connectivity index is 0.000000356. The molecule has 0 atom stereocenters. The molecular weight excluding hydrogens is 447 g/mol. The highest BCUT2D eigenvalue weighted by molar-refractivity contribution is 5.82. The predicted octanol–water partition coefficient (Wildman–Crippen LogP) is 4.59. The average molecular weight is 475 g/mol. The van der Waals surface area contributed by atoms with Crippen molar-refractivity contribution in [3.8, 4) is 40.3 Å². The summed E-state index contributed by atoms with van der Waals surface area (Å²) in [6, 6.07) is 10.4. The third-order valence-electron chi connectivity index (χ3n) is 5.87. The zero-order chi connectivity index (χ0) is 24.8. The summed E-state index contributed by atoms with van der Waals surface area (Å²) >= 11 is 0. The van der Waals surface area contributed by atoms with Crippen LogP contribution in [0.5, 0.6) is 11.8 Å². The summed E-state index contributed by atoms with van der Waals surface area (Å²) in [5.74, 6) is -0.301. The maximum atomic E-state index is 14.3. The largest absolute Gasteiger partial charge is 0.479 e. The second kappa shape index (κ2) is 10.9. The van der Waals surface area contributed by atoms with E-state index in [4.69, 9.17) is 14.7 Å². The lowest BCUT2D eigenvalue weighted by atomic mass is 10.0. The maximum absolute atomic E-state index is 14.3. The Labute approximate surface area is 203 Å². The minimum atomic E-state index is -0.588. The molecule has 3 aromatic heterocycles. The molecule has 0 saturated carbocycles. The SMILES string of the molecule is CN1CCCCC1.COc1ncc(-c2c(-c3ccc(C#N)cc3)nc(OC)c3cncn23)cc1F. The number of nitrogens with zero attached hydrogens (tertiary/aromatic N) is 6. The van der Waals surface area contributed by atoms with Gasteiger partial charge in [-0.25, -0.2) is 19.3 Å². The van der Waals surface area contributed by atoms with E-state index in [1.807, 2.05) is 0 Å². The van der Waals surface area contributed by atoms with E-state index in [2.05, 4.69) is 33.0 Å². The number of aromatic nitrogens is 4. The molecule has 1 fully saturated rings. The molecule has 180 valence electrons. The number of benzene rings is 1. The Hall–Kier alpha value is -4.03. The molecule has 0 unspecified atom stereocenters. The molecule has 8 nitrogen and oxygen atoms in total. The van der Waals surface area contributed by atoms with Crippen molar-refractivity contribution in [2.45, 2.75) is 19.3 Å². The molecule has 0 spiro atoms. The number of methoxy groups -OCH3 is 2. The van der Waals surface area contributed by atoms with Gasteiger partial charge in [0.05, 0.1) is 49.8 Å². The summed E-state index contributed by atoms with van der Waals surface area (Å²) in [5.41, 5.74) is 3.52. The molecule has 4 heterocycles. The minimum absolute atomic E-state index is 0.0907. The normalized spacial score (nSPS) is 13.6. The molecule has 4 aromatic rings. The number of halogens is 1. The Morgan fingerprint density at radius 3 is 2.26 bits per heavy atom. The van der Waals surface area contributed by atoms with E-state index in [1.165, 1.54) is 58.8 Å². The first-order valence-electron chi connectivity index (χ1n) is 11.3. The lowest BCUT2D eigenvalue weighted by Crippen LogP contribution is -2.24. The van der Waals surface area contributed by atoms with Crippen LogP contribution in [0, 0.1) is 17.1 Å². The molecule has 0 amide bonds. The molecule has 1 aliphatic rings. The van der Waals surface area contributed by atoms with E-state index < -0.39 is 5.82 Å². The van der Waals surface area contributed by atoms with E-state index in [9.17, 15) is 4.39 Å². The molecular formula is C26H27FN6O2. The van der Waals surface area contributed by atoms with E-state index in [1.54, 1.807) is 41.2 Å². The first-order valence-corrected chi connectivity index (χ1v) is 11.3. The lowest BCUT2D eigenvalue weighted by Gasteiger charge is -2.20. The molecule has 35 heavy (non-hydrogen) atoms. The standard InChI is InChI=1S/C20H14FN5O2.C6H13N/c1-27-19-15(21)7-14(9-24-19)18-17(13-5-3-12(8-22)4-6-13)25-20(28-2)16-10-23-11-26(16)18;1-7-5-3-2-4-6-7/h3-7,9-11H,1-2H3;2-6H2,1H3. The van der Waals surface area contributed by atoms with E-state index in [0.29, 0.717) is 33.9 Å². The van der Waals surface area contributed by atoms with Crippen LogP contribution < -0.4 is 9.47 Å². The molecule has 9 heteroatoms. The monoisotopic (exact) mass is 474 g/mol. The summed E-state index contributed by atoms with van der Waals surface area (Å²) in [6.45, 7) is 2.64. The topological polar surface area (TPSA) is 88.6 Å². The van der Waals surface area contributed by atoms with Gasteiger partial charge in [-0.3, -0.25) is 4.40 Å². The van der Waals surface area contributed by atoms with Gasteiger partial charge >= 0.3 is 0 Å². The van der Waals surface area contributed by atoms with Crippen molar-refractivity contribution in [3.63, 3.8) is 0 Å². The fraction of sp³-hybridized carbons (Fsp3) is 0.308. The number of rotatable bonds is 4. The quantitative estimate of drug-likeness (QED) is 0.427. The van der Waals surface area contributed by atoms with Crippen molar-refractivity contribution in [1.29, 1.82) is 5.26 Å². The molecule has 5 rings (SSSR count). The van der Waals surface area contributed by atoms with E-state index in [0.717, 1.165) is 5.56 Å². The average Bonchev–Trinajstić information content (AvgIpc) is 3.38. The highest BCUT2D eigenvalue weighted by atomic mass is 19.1. The van der Waals surface area contributed by atoms with E-state index >= 15 is 0 Å². The second-order valence-electron chi connectivity index (χ2n) is 8.24. The molecule has 1 aliphatic heterocycles. The lowest BCUT2D eigenvalue weighted by molar-refractivity contribution is 0.277. The molecule has 1 aromatic carbocycles. The van der Waals surface area contributed by atoms with Crippen LogP contribution in [0.4, 0.5) is 4.39 Å². The van der Waals surface area contributed by atoms with Crippen LogP contribution in [0.25, 0.3) is 28.0 Å². The van der Waals surface area contributed by atoms with Crippen LogP contribution in [0.2, 0.25) is 0 Å². The number of hydrogen-bond acceptors (Lipinski definition) is 7. The number of nitriles is 1. The predicted molar refractivity (Wildman–Crippen MR) is 131 cm³/mol. The third kappa shape index (κ3) is 5.23. The van der Waals surface area contributed by atoms with Crippen molar-refractivity contribution >= 4 is 5.52 Å². The van der Waals surface area contributed by atoms with Gasteiger partial charge in [0.15, 0.2) is 5.82 Å². The van der Waals surface area contributed by atoms with Crippen LogP contribution in [0.1, 0.15) is 24.8 Å². The molecule has 0 aliphatic carbocycles. The summed E-state index contributed by atoms with van der Waals surface area (Å²) in [6.07, 6.45) is 9.00. The van der Waals surface area contributed by atoms with Gasteiger partial charge in [-0.15, -0.1) is 0 Å². The highest BCUT2D eigenvalue weighted by Crippen LogP contribution is 2.35. The van der Waals surface area contributed by atoms with Crippen LogP contribution >= 0.6 is 0 Å². The van der Waals surface area contributed by atoms with Crippen LogP contribution in [-0.4, -0.2) is 58.6 Å². The van der Waals surface area contributed by atoms with Crippen molar-refractivity contribution in [2.24, 2.45) is 0 Å². The first kappa shape index (κ1) is 24.1. The number of piperidine rings is 1. The highest BCUT2D eigenvalue weighted by Gasteiger charge is 2.20. The van der Waals surface area contributed by atoms with Crippen molar-refractivity contribution in [2.75, 3.05) is 34.4 Å². The number of pyridine rings is 1. The Kier molecular flexibility index (Phi) is 7.53.